The van der Waals surface area contributed by atoms with E-state index >= 15 is 0 Å². The first-order chi connectivity index (χ1) is 13.6. The maximum Gasteiger partial charge on any atom is 0.235 e. The molecular weight excluding hydrogens is 398 g/mol. The molecule has 1 atom stereocenters. The Morgan fingerprint density at radius 3 is 2.96 bits per heavy atom. The van der Waals surface area contributed by atoms with Crippen LogP contribution in [0, 0.1) is 6.92 Å². The Balaban J connectivity index is 1.76. The van der Waals surface area contributed by atoms with Crippen molar-refractivity contribution >= 4 is 46.3 Å². The third-order valence-corrected chi connectivity index (χ3v) is 6.20. The second-order valence-corrected chi connectivity index (χ2v) is 7.82. The van der Waals surface area contributed by atoms with E-state index in [1.807, 2.05) is 31.2 Å². The zero-order valence-electron chi connectivity index (χ0n) is 14.7. The third kappa shape index (κ3) is 2.66. The van der Waals surface area contributed by atoms with Crippen molar-refractivity contribution in [1.29, 1.82) is 0 Å². The molecule has 5 rings (SSSR count). The molecule has 140 valence electrons. The van der Waals surface area contributed by atoms with Crippen LogP contribution in [0.5, 0.6) is 0 Å². The fourth-order valence-electron chi connectivity index (χ4n) is 3.38. The van der Waals surface area contributed by atoms with Crippen LogP contribution in [0.4, 0.5) is 5.82 Å². The van der Waals surface area contributed by atoms with Crippen molar-refractivity contribution in [1.82, 2.24) is 29.7 Å². The van der Waals surface area contributed by atoms with Crippen molar-refractivity contribution in [2.75, 3.05) is 11.1 Å². The number of aromatic nitrogens is 6. The Morgan fingerprint density at radius 2 is 2.11 bits per heavy atom. The van der Waals surface area contributed by atoms with Gasteiger partial charge < -0.3 is 10.3 Å². The van der Waals surface area contributed by atoms with Gasteiger partial charge in [0.05, 0.1) is 23.0 Å². The summed E-state index contributed by atoms with van der Waals surface area (Å²) in [5.74, 6) is 1.33. The number of carbonyl (C=O) groups is 1. The molecule has 28 heavy (non-hydrogen) atoms. The van der Waals surface area contributed by atoms with Crippen LogP contribution in [0.2, 0.25) is 5.02 Å². The zero-order valence-corrected chi connectivity index (χ0v) is 16.3. The molecule has 1 amide bonds. The van der Waals surface area contributed by atoms with Gasteiger partial charge in [0.2, 0.25) is 5.91 Å². The number of aromatic amines is 1. The largest absolute Gasteiger partial charge is 0.340 e. The van der Waals surface area contributed by atoms with E-state index in [0.717, 1.165) is 16.8 Å². The van der Waals surface area contributed by atoms with E-state index < -0.39 is 0 Å². The second-order valence-electron chi connectivity index (χ2n) is 6.32. The minimum Gasteiger partial charge on any atom is -0.340 e. The summed E-state index contributed by atoms with van der Waals surface area (Å²) < 4.78 is 1.64. The molecule has 3 aromatic heterocycles. The van der Waals surface area contributed by atoms with E-state index in [9.17, 15) is 4.79 Å². The predicted octanol–water partition coefficient (Wildman–Crippen LogP) is 3.28. The van der Waals surface area contributed by atoms with Crippen molar-refractivity contribution in [3.05, 3.63) is 58.8 Å². The van der Waals surface area contributed by atoms with Crippen LogP contribution in [-0.2, 0) is 4.79 Å². The molecule has 8 nitrogen and oxygen atoms in total. The Kier molecular flexibility index (Phi) is 4.06. The number of rotatable bonds is 2. The summed E-state index contributed by atoms with van der Waals surface area (Å²) in [5.41, 5.74) is 3.83. The van der Waals surface area contributed by atoms with Crippen molar-refractivity contribution < 1.29 is 4.79 Å². The third-order valence-electron chi connectivity index (χ3n) is 4.60. The minimum atomic E-state index is -0.129. The number of H-pyrrole nitrogens is 1. The van der Waals surface area contributed by atoms with Gasteiger partial charge in [-0.15, -0.1) is 11.8 Å². The number of imidazole rings is 1. The second kappa shape index (κ2) is 6.61. The number of carbonyl (C=O) groups excluding carboxylic acids is 1. The van der Waals surface area contributed by atoms with Gasteiger partial charge in [-0.3, -0.25) is 4.79 Å². The Hall–Kier alpha value is -2.91. The molecule has 0 radical (unpaired) electrons. The summed E-state index contributed by atoms with van der Waals surface area (Å²) in [5, 5.41) is 8.20. The molecule has 1 aliphatic rings. The van der Waals surface area contributed by atoms with E-state index in [1.54, 1.807) is 11.0 Å². The highest BCUT2D eigenvalue weighted by Gasteiger charge is 2.32. The summed E-state index contributed by atoms with van der Waals surface area (Å²) >= 11 is 8.00. The lowest BCUT2D eigenvalue weighted by Gasteiger charge is -2.16. The SMILES string of the molecule is Cc1nn(-c2ncnc3nc[nH]c23)c2c1C(c1ccccc1Cl)SCC(=O)N2. The van der Waals surface area contributed by atoms with Crippen molar-refractivity contribution in [3.63, 3.8) is 0 Å². The van der Waals surface area contributed by atoms with Crippen molar-refractivity contribution in [2.24, 2.45) is 0 Å². The van der Waals surface area contributed by atoms with Gasteiger partial charge in [0, 0.05) is 10.6 Å². The van der Waals surface area contributed by atoms with Gasteiger partial charge in [-0.2, -0.15) is 9.78 Å². The quantitative estimate of drug-likeness (QED) is 0.525. The van der Waals surface area contributed by atoms with Crippen LogP contribution in [0.15, 0.2) is 36.9 Å². The number of nitrogens with one attached hydrogen (secondary N) is 2. The smallest absolute Gasteiger partial charge is 0.235 e. The number of nitrogens with zero attached hydrogens (tertiary/aromatic N) is 5. The Morgan fingerprint density at radius 1 is 1.25 bits per heavy atom. The first-order valence-electron chi connectivity index (χ1n) is 8.53. The predicted molar refractivity (Wildman–Crippen MR) is 108 cm³/mol. The molecule has 2 N–H and O–H groups in total. The van der Waals surface area contributed by atoms with Crippen molar-refractivity contribution in [2.45, 2.75) is 12.2 Å². The first kappa shape index (κ1) is 17.2. The summed E-state index contributed by atoms with van der Waals surface area (Å²) in [4.78, 5) is 28.2. The first-order valence-corrected chi connectivity index (χ1v) is 9.96. The van der Waals surface area contributed by atoms with E-state index in [4.69, 9.17) is 11.6 Å². The Bertz CT molecular complexity index is 1220. The molecule has 0 fully saturated rings. The molecule has 1 aromatic carbocycles. The lowest BCUT2D eigenvalue weighted by atomic mass is 10.0. The van der Waals surface area contributed by atoms with Crippen LogP contribution >= 0.6 is 23.4 Å². The lowest BCUT2D eigenvalue weighted by Crippen LogP contribution is -2.16. The van der Waals surface area contributed by atoms with E-state index in [1.165, 1.54) is 18.1 Å². The fourth-order valence-corrected chi connectivity index (χ4v) is 4.92. The molecule has 10 heteroatoms. The molecule has 0 bridgehead atoms. The molecule has 0 saturated heterocycles. The van der Waals surface area contributed by atoms with Gasteiger partial charge in [-0.1, -0.05) is 29.8 Å². The van der Waals surface area contributed by atoms with Crippen LogP contribution in [0.3, 0.4) is 0 Å². The lowest BCUT2D eigenvalue weighted by molar-refractivity contribution is -0.113. The fraction of sp³-hybridized carbons (Fsp3) is 0.167. The van der Waals surface area contributed by atoms with Crippen molar-refractivity contribution in [3.8, 4) is 5.82 Å². The molecule has 4 heterocycles. The normalized spacial score (nSPS) is 16.6. The summed E-state index contributed by atoms with van der Waals surface area (Å²) in [7, 11) is 0. The number of halogens is 1. The molecule has 0 saturated carbocycles. The van der Waals surface area contributed by atoms with Gasteiger partial charge in [0.25, 0.3) is 0 Å². The molecule has 4 aromatic rings. The van der Waals surface area contributed by atoms with E-state index in [2.05, 4.69) is 30.4 Å². The Labute approximate surface area is 168 Å². The number of anilines is 1. The minimum absolute atomic E-state index is 0.100. The van der Waals surface area contributed by atoms with Gasteiger partial charge in [0.15, 0.2) is 11.5 Å². The maximum atomic E-state index is 12.5. The van der Waals surface area contributed by atoms with Crippen LogP contribution in [-0.4, -0.2) is 41.4 Å². The van der Waals surface area contributed by atoms with Crippen LogP contribution in [0.1, 0.15) is 22.1 Å². The topological polar surface area (TPSA) is 101 Å². The van der Waals surface area contributed by atoms with E-state index in [0.29, 0.717) is 33.6 Å². The van der Waals surface area contributed by atoms with Gasteiger partial charge in [-0.05, 0) is 18.6 Å². The van der Waals surface area contributed by atoms with Gasteiger partial charge >= 0.3 is 0 Å². The molecule has 1 unspecified atom stereocenters. The highest BCUT2D eigenvalue weighted by molar-refractivity contribution is 8.00. The number of aryl methyl sites for hydroxylation is 1. The highest BCUT2D eigenvalue weighted by Crippen LogP contribution is 2.45. The zero-order chi connectivity index (χ0) is 19.3. The molecule has 0 spiro atoms. The van der Waals surface area contributed by atoms with E-state index in [-0.39, 0.29) is 11.2 Å². The number of thioether (sulfide) groups is 1. The van der Waals surface area contributed by atoms with Crippen LogP contribution < -0.4 is 5.32 Å². The molecule has 1 aliphatic heterocycles. The summed E-state index contributed by atoms with van der Waals surface area (Å²) in [6.07, 6.45) is 2.99. The average Bonchev–Trinajstić information content (AvgIpc) is 3.24. The van der Waals surface area contributed by atoms with Gasteiger partial charge in [-0.25, -0.2) is 15.0 Å². The summed E-state index contributed by atoms with van der Waals surface area (Å²) in [6.45, 7) is 1.92. The number of fused-ring (bicyclic) bond motifs is 2. The van der Waals surface area contributed by atoms with Crippen LogP contribution in [0.25, 0.3) is 17.0 Å². The standard InChI is InChI=1S/C18H14ClN7OS/c1-9-13-15(10-4-2-3-5-11(10)19)28-6-12(27)24-17(13)26(25-9)18-14-16(21-7-20-14)22-8-23-18/h2-5,7-8,15H,6H2,1H3,(H,24,27)(H,20,21,22,23). The number of amides is 1. The molecule has 0 aliphatic carbocycles. The number of hydrogen-bond acceptors (Lipinski definition) is 6. The maximum absolute atomic E-state index is 12.5. The number of hydrogen-bond donors (Lipinski definition) is 2. The summed E-state index contributed by atoms with van der Waals surface area (Å²) in [6, 6.07) is 7.67. The molecular formula is C18H14ClN7OS. The average molecular weight is 412 g/mol. The van der Waals surface area contributed by atoms with Gasteiger partial charge in [0.1, 0.15) is 17.7 Å². The monoisotopic (exact) mass is 411 g/mol. The number of benzene rings is 1. The highest BCUT2D eigenvalue weighted by atomic mass is 35.5.